The second-order valence-electron chi connectivity index (χ2n) is 5.91. The van der Waals surface area contributed by atoms with E-state index < -0.39 is 0 Å². The summed E-state index contributed by atoms with van der Waals surface area (Å²) in [5, 5.41) is 26.7. The topological polar surface area (TPSA) is 89.5 Å². The average Bonchev–Trinajstić information content (AvgIpc) is 3.17. The predicted molar refractivity (Wildman–Crippen MR) is 92.1 cm³/mol. The second-order valence-corrected chi connectivity index (χ2v) is 5.91. The molecule has 0 saturated carbocycles. The quantitative estimate of drug-likeness (QED) is 0.682. The number of hydrogen-bond acceptors (Lipinski definition) is 4. The summed E-state index contributed by atoms with van der Waals surface area (Å²) in [5.41, 5.74) is 3.18. The molecule has 6 nitrogen and oxygen atoms in total. The van der Waals surface area contributed by atoms with Gasteiger partial charge in [0, 0.05) is 17.7 Å². The number of H-pyrrole nitrogens is 1. The van der Waals surface area contributed by atoms with Gasteiger partial charge in [0.1, 0.15) is 17.1 Å². The number of benzene rings is 2. The van der Waals surface area contributed by atoms with E-state index in [1.165, 1.54) is 0 Å². The fourth-order valence-corrected chi connectivity index (χ4v) is 3.40. The van der Waals surface area contributed by atoms with Crippen molar-refractivity contribution in [1.82, 2.24) is 15.1 Å². The second kappa shape index (κ2) is 6.07. The number of β-amino-alcohol motifs (C(OH)–C–C–N with tert-alkyl or cyclic N) is 1. The summed E-state index contributed by atoms with van der Waals surface area (Å²) in [6.45, 7) is 0.0970. The summed E-state index contributed by atoms with van der Waals surface area (Å²) in [5.74, 6) is -0.0938. The highest BCUT2D eigenvalue weighted by Gasteiger charge is 2.42. The zero-order chi connectivity index (χ0) is 17.4. The Balaban J connectivity index is 1.92. The maximum atomic E-state index is 12.8. The van der Waals surface area contributed by atoms with Gasteiger partial charge in [-0.05, 0) is 17.7 Å². The largest absolute Gasteiger partial charge is 0.507 e. The number of rotatable bonds is 4. The number of para-hydroxylation sites is 1. The Bertz CT molecular complexity index is 921. The molecule has 0 spiro atoms. The number of aromatic amines is 1. The van der Waals surface area contributed by atoms with Crippen molar-refractivity contribution < 1.29 is 15.0 Å². The molecule has 0 bridgehead atoms. The van der Waals surface area contributed by atoms with E-state index in [1.807, 2.05) is 36.4 Å². The Morgan fingerprint density at radius 1 is 1.08 bits per heavy atom. The first kappa shape index (κ1) is 15.4. The van der Waals surface area contributed by atoms with E-state index in [0.717, 1.165) is 11.1 Å². The Labute approximate surface area is 144 Å². The van der Waals surface area contributed by atoms with Crippen LogP contribution in [0.15, 0.2) is 54.6 Å². The molecule has 6 heteroatoms. The van der Waals surface area contributed by atoms with Crippen LogP contribution < -0.4 is 0 Å². The van der Waals surface area contributed by atoms with Crippen LogP contribution in [0.4, 0.5) is 0 Å². The summed E-state index contributed by atoms with van der Waals surface area (Å²) < 4.78 is 0. The van der Waals surface area contributed by atoms with Crippen LogP contribution in [-0.2, 0) is 0 Å². The molecule has 1 unspecified atom stereocenters. The number of phenols is 1. The number of aliphatic hydroxyl groups excluding tert-OH is 1. The van der Waals surface area contributed by atoms with Crippen molar-refractivity contribution in [2.45, 2.75) is 6.04 Å². The first-order valence-corrected chi connectivity index (χ1v) is 8.05. The fraction of sp³-hybridized carbons (Fsp3) is 0.158. The fourth-order valence-electron chi connectivity index (χ4n) is 3.40. The number of nitrogens with one attached hydrogen (secondary N) is 1. The third-order valence-electron chi connectivity index (χ3n) is 4.48. The van der Waals surface area contributed by atoms with Gasteiger partial charge in [-0.25, -0.2) is 0 Å². The number of hydrogen-bond donors (Lipinski definition) is 3. The minimum atomic E-state index is -0.357. The van der Waals surface area contributed by atoms with Crippen LogP contribution in [0, 0.1) is 0 Å². The number of aromatic hydroxyl groups is 1. The molecule has 1 atom stereocenters. The standard InChI is InChI=1S/C19H17N3O3/c23-11-10-22-18(12-6-2-1-3-7-12)15-16(20-21-17(15)19(22)25)13-8-4-5-9-14(13)24/h1-9,18,23-24H,10-11H2,(H,20,21). The lowest BCUT2D eigenvalue weighted by molar-refractivity contribution is 0.0706. The van der Waals surface area contributed by atoms with Crippen LogP contribution in [-0.4, -0.2) is 44.4 Å². The van der Waals surface area contributed by atoms with Crippen molar-refractivity contribution in [2.75, 3.05) is 13.2 Å². The van der Waals surface area contributed by atoms with E-state index in [0.29, 0.717) is 17.0 Å². The molecule has 3 N–H and O–H groups in total. The highest BCUT2D eigenvalue weighted by molar-refractivity contribution is 6.00. The average molecular weight is 335 g/mol. The van der Waals surface area contributed by atoms with Gasteiger partial charge in [0.2, 0.25) is 0 Å². The molecule has 1 aliphatic rings. The van der Waals surface area contributed by atoms with Crippen LogP contribution in [0.25, 0.3) is 11.3 Å². The molecule has 0 aliphatic carbocycles. The monoisotopic (exact) mass is 335 g/mol. The molecule has 0 radical (unpaired) electrons. The number of carbonyl (C=O) groups is 1. The SMILES string of the molecule is O=C1c2[nH]nc(-c3ccccc3O)c2C(c2ccccc2)N1CCO. The molecular formula is C19H17N3O3. The van der Waals surface area contributed by atoms with Crippen molar-refractivity contribution in [3.05, 3.63) is 71.4 Å². The van der Waals surface area contributed by atoms with Crippen LogP contribution >= 0.6 is 0 Å². The number of aliphatic hydroxyl groups is 1. The van der Waals surface area contributed by atoms with E-state index in [4.69, 9.17) is 0 Å². The van der Waals surface area contributed by atoms with Gasteiger partial charge in [-0.2, -0.15) is 5.10 Å². The number of carbonyl (C=O) groups excluding carboxylic acids is 1. The van der Waals surface area contributed by atoms with Gasteiger partial charge in [-0.3, -0.25) is 9.89 Å². The molecule has 0 saturated heterocycles. The number of nitrogens with zero attached hydrogens (tertiary/aromatic N) is 2. The number of phenolic OH excluding ortho intramolecular Hbond substituents is 1. The van der Waals surface area contributed by atoms with Gasteiger partial charge < -0.3 is 15.1 Å². The van der Waals surface area contributed by atoms with Crippen LogP contribution in [0.1, 0.15) is 27.7 Å². The van der Waals surface area contributed by atoms with E-state index in [2.05, 4.69) is 10.2 Å². The van der Waals surface area contributed by atoms with E-state index in [-0.39, 0.29) is 30.9 Å². The zero-order valence-corrected chi connectivity index (χ0v) is 13.4. The molecule has 2 aromatic carbocycles. The highest BCUT2D eigenvalue weighted by atomic mass is 16.3. The van der Waals surface area contributed by atoms with Gasteiger partial charge in [-0.15, -0.1) is 0 Å². The summed E-state index contributed by atoms with van der Waals surface area (Å²) in [6.07, 6.45) is 0. The van der Waals surface area contributed by atoms with Crippen molar-refractivity contribution in [2.24, 2.45) is 0 Å². The van der Waals surface area contributed by atoms with E-state index in [1.54, 1.807) is 23.1 Å². The summed E-state index contributed by atoms with van der Waals surface area (Å²) >= 11 is 0. The molecular weight excluding hydrogens is 318 g/mol. The Hall–Kier alpha value is -3.12. The van der Waals surface area contributed by atoms with E-state index in [9.17, 15) is 15.0 Å². The lowest BCUT2D eigenvalue weighted by Crippen LogP contribution is -2.32. The molecule has 3 aromatic rings. The normalized spacial score (nSPS) is 16.3. The maximum Gasteiger partial charge on any atom is 0.273 e. The van der Waals surface area contributed by atoms with Gasteiger partial charge in [0.15, 0.2) is 0 Å². The minimum Gasteiger partial charge on any atom is -0.507 e. The summed E-state index contributed by atoms with van der Waals surface area (Å²) in [6, 6.07) is 16.2. The number of fused-ring (bicyclic) bond motifs is 1. The number of aromatic nitrogens is 2. The lowest BCUT2D eigenvalue weighted by atomic mass is 9.96. The Morgan fingerprint density at radius 2 is 1.80 bits per heavy atom. The first-order chi connectivity index (χ1) is 12.2. The van der Waals surface area contributed by atoms with Gasteiger partial charge in [0.25, 0.3) is 5.91 Å². The predicted octanol–water partition coefficient (Wildman–Crippen LogP) is 2.32. The van der Waals surface area contributed by atoms with Gasteiger partial charge in [-0.1, -0.05) is 42.5 Å². The molecule has 1 amide bonds. The molecule has 126 valence electrons. The summed E-state index contributed by atoms with van der Waals surface area (Å²) in [7, 11) is 0. The molecule has 1 aliphatic heterocycles. The van der Waals surface area contributed by atoms with Crippen LogP contribution in [0.5, 0.6) is 5.75 Å². The molecule has 1 aromatic heterocycles. The van der Waals surface area contributed by atoms with Crippen molar-refractivity contribution in [3.8, 4) is 17.0 Å². The van der Waals surface area contributed by atoms with Crippen molar-refractivity contribution >= 4 is 5.91 Å². The Morgan fingerprint density at radius 3 is 2.52 bits per heavy atom. The molecule has 2 heterocycles. The Kier molecular flexibility index (Phi) is 3.74. The van der Waals surface area contributed by atoms with Crippen molar-refractivity contribution in [3.63, 3.8) is 0 Å². The smallest absolute Gasteiger partial charge is 0.273 e. The van der Waals surface area contributed by atoms with Gasteiger partial charge >= 0.3 is 0 Å². The van der Waals surface area contributed by atoms with Crippen LogP contribution in [0.2, 0.25) is 0 Å². The van der Waals surface area contributed by atoms with Gasteiger partial charge in [0.05, 0.1) is 12.6 Å². The molecule has 25 heavy (non-hydrogen) atoms. The maximum absolute atomic E-state index is 12.8. The van der Waals surface area contributed by atoms with E-state index >= 15 is 0 Å². The van der Waals surface area contributed by atoms with Crippen molar-refractivity contribution in [1.29, 1.82) is 0 Å². The lowest BCUT2D eigenvalue weighted by Gasteiger charge is -2.25. The first-order valence-electron chi connectivity index (χ1n) is 8.05. The summed E-state index contributed by atoms with van der Waals surface area (Å²) in [4.78, 5) is 14.4. The number of amides is 1. The van der Waals surface area contributed by atoms with Crippen LogP contribution in [0.3, 0.4) is 0 Å². The third-order valence-corrected chi connectivity index (χ3v) is 4.48. The molecule has 0 fully saturated rings. The molecule has 4 rings (SSSR count). The minimum absolute atomic E-state index is 0.108. The highest BCUT2D eigenvalue weighted by Crippen LogP contribution is 2.43. The zero-order valence-electron chi connectivity index (χ0n) is 13.4. The third kappa shape index (κ3) is 2.38.